The van der Waals surface area contributed by atoms with Crippen molar-refractivity contribution in [3.05, 3.63) is 58.5 Å². The molecule has 28 heavy (non-hydrogen) atoms. The molecule has 9 heteroatoms. The van der Waals surface area contributed by atoms with Crippen molar-refractivity contribution in [3.63, 3.8) is 0 Å². The van der Waals surface area contributed by atoms with Gasteiger partial charge in [-0.1, -0.05) is 30.3 Å². The van der Waals surface area contributed by atoms with Crippen molar-refractivity contribution in [3.8, 4) is 5.88 Å². The summed E-state index contributed by atoms with van der Waals surface area (Å²) in [5.74, 6) is -3.03. The Balaban J connectivity index is 2.28. The summed E-state index contributed by atoms with van der Waals surface area (Å²) in [7, 11) is 0. The molecule has 0 aliphatic heterocycles. The highest BCUT2D eigenvalue weighted by Crippen LogP contribution is 2.30. The van der Waals surface area contributed by atoms with Crippen molar-refractivity contribution in [2.75, 3.05) is 6.61 Å². The van der Waals surface area contributed by atoms with Crippen LogP contribution in [0.25, 0.3) is 5.52 Å². The van der Waals surface area contributed by atoms with E-state index in [0.717, 1.165) is 5.56 Å². The molecule has 3 rings (SSSR count). The van der Waals surface area contributed by atoms with Crippen molar-refractivity contribution in [2.24, 2.45) is 5.73 Å². The van der Waals surface area contributed by atoms with E-state index in [0.29, 0.717) is 23.5 Å². The van der Waals surface area contributed by atoms with Crippen LogP contribution >= 0.6 is 0 Å². The first-order valence-corrected chi connectivity index (χ1v) is 8.41. The third kappa shape index (κ3) is 3.54. The maximum absolute atomic E-state index is 12.5. The van der Waals surface area contributed by atoms with Crippen molar-refractivity contribution in [1.82, 2.24) is 14.6 Å². The summed E-state index contributed by atoms with van der Waals surface area (Å²) in [6, 6.07) is 9.50. The first-order valence-electron chi connectivity index (χ1n) is 8.41. The third-order valence-electron chi connectivity index (χ3n) is 4.22. The van der Waals surface area contributed by atoms with Gasteiger partial charge in [0.1, 0.15) is 11.3 Å². The highest BCUT2D eigenvalue weighted by molar-refractivity contribution is 6.44. The van der Waals surface area contributed by atoms with Gasteiger partial charge in [0.2, 0.25) is 5.88 Å². The number of ketones is 1. The summed E-state index contributed by atoms with van der Waals surface area (Å²) >= 11 is 0. The van der Waals surface area contributed by atoms with Crippen molar-refractivity contribution < 1.29 is 24.2 Å². The second-order valence-electron chi connectivity index (χ2n) is 6.21. The van der Waals surface area contributed by atoms with E-state index in [4.69, 9.17) is 15.6 Å². The summed E-state index contributed by atoms with van der Waals surface area (Å²) in [6.07, 6.45) is 0.425. The van der Waals surface area contributed by atoms with Crippen LogP contribution in [-0.2, 0) is 16.0 Å². The molecule has 9 nitrogen and oxygen atoms in total. The van der Waals surface area contributed by atoms with Gasteiger partial charge >= 0.3 is 5.97 Å². The lowest BCUT2D eigenvalue weighted by Crippen LogP contribution is -2.24. The lowest BCUT2D eigenvalue weighted by molar-refractivity contribution is -0.139. The van der Waals surface area contributed by atoms with Gasteiger partial charge in [0.15, 0.2) is 6.61 Å². The number of fused-ring (bicyclic) bond motifs is 1. The van der Waals surface area contributed by atoms with E-state index < -0.39 is 24.3 Å². The summed E-state index contributed by atoms with van der Waals surface area (Å²) in [5, 5.41) is 13.3. The van der Waals surface area contributed by atoms with Crippen molar-refractivity contribution in [2.45, 2.75) is 20.3 Å². The van der Waals surface area contributed by atoms with Gasteiger partial charge in [-0.05, 0) is 25.0 Å². The number of amides is 1. The number of hydrogen-bond donors (Lipinski definition) is 2. The second-order valence-corrected chi connectivity index (χ2v) is 6.21. The predicted octanol–water partition coefficient (Wildman–Crippen LogP) is 1.07. The fraction of sp³-hybridized carbons (Fsp3) is 0.211. The topological polar surface area (TPSA) is 137 Å². The molecule has 0 radical (unpaired) electrons. The Morgan fingerprint density at radius 3 is 2.46 bits per heavy atom. The van der Waals surface area contributed by atoms with E-state index in [9.17, 15) is 14.4 Å². The maximum Gasteiger partial charge on any atom is 0.341 e. The molecule has 0 aliphatic carbocycles. The fourth-order valence-electron chi connectivity index (χ4n) is 3.02. The van der Waals surface area contributed by atoms with Crippen LogP contribution in [0.15, 0.2) is 30.3 Å². The number of aryl methyl sites for hydroxylation is 1. The number of carboxylic acid groups (broad SMARTS) is 1. The molecule has 3 N–H and O–H groups in total. The normalized spacial score (nSPS) is 10.8. The number of carbonyl (C=O) groups is 3. The van der Waals surface area contributed by atoms with E-state index in [1.807, 2.05) is 30.3 Å². The first kappa shape index (κ1) is 19.0. The number of nitrogens with zero attached hydrogens (tertiary/aromatic N) is 3. The fourth-order valence-corrected chi connectivity index (χ4v) is 3.02. The number of rotatable bonds is 7. The first-order chi connectivity index (χ1) is 13.3. The molecule has 0 bridgehead atoms. The Morgan fingerprint density at radius 1 is 1.18 bits per heavy atom. The number of Topliss-reactive ketones (excluding diaryl/α,β-unsaturated/α-hetero) is 1. The highest BCUT2D eigenvalue weighted by Gasteiger charge is 2.28. The SMILES string of the molecule is Cc1nc(OCC(=O)O)c2c(C(=O)C(N)=O)c(C)c(Cc3ccccc3)n2n1. The highest BCUT2D eigenvalue weighted by atomic mass is 16.5. The van der Waals surface area contributed by atoms with E-state index in [2.05, 4.69) is 10.1 Å². The van der Waals surface area contributed by atoms with Gasteiger partial charge in [-0.3, -0.25) is 9.59 Å². The number of carboxylic acids is 1. The minimum absolute atomic E-state index is 0.0128. The van der Waals surface area contributed by atoms with Crippen LogP contribution in [0.2, 0.25) is 0 Å². The Morgan fingerprint density at radius 2 is 1.86 bits per heavy atom. The number of primary amides is 1. The number of aliphatic carboxylic acids is 1. The largest absolute Gasteiger partial charge is 0.479 e. The Hall–Kier alpha value is -3.75. The van der Waals surface area contributed by atoms with Crippen molar-refractivity contribution in [1.29, 1.82) is 0 Å². The Bertz CT molecular complexity index is 1090. The lowest BCUT2D eigenvalue weighted by atomic mass is 10.0. The average molecular weight is 382 g/mol. The zero-order valence-electron chi connectivity index (χ0n) is 15.3. The van der Waals surface area contributed by atoms with Gasteiger partial charge in [-0.25, -0.2) is 9.31 Å². The Kier molecular flexibility index (Phi) is 5.08. The van der Waals surface area contributed by atoms with Crippen LogP contribution in [0, 0.1) is 13.8 Å². The minimum atomic E-state index is -1.20. The molecule has 0 aliphatic rings. The summed E-state index contributed by atoms with van der Waals surface area (Å²) in [5.41, 5.74) is 7.48. The standard InChI is InChI=1S/C19H18N4O5/c1-10-13(8-12-6-4-3-5-7-12)23-16(15(10)17(26)18(20)27)19(21-11(2)22-23)28-9-14(24)25/h3-7H,8-9H2,1-2H3,(H2,20,27)(H,24,25). The lowest BCUT2D eigenvalue weighted by Gasteiger charge is -2.08. The van der Waals surface area contributed by atoms with Gasteiger partial charge in [-0.15, -0.1) is 0 Å². The number of hydrogen-bond acceptors (Lipinski definition) is 6. The number of aromatic nitrogens is 3. The van der Waals surface area contributed by atoms with Crippen LogP contribution in [0.3, 0.4) is 0 Å². The van der Waals surface area contributed by atoms with Gasteiger partial charge < -0.3 is 15.6 Å². The Labute approximate surface area is 159 Å². The molecule has 0 saturated heterocycles. The van der Waals surface area contributed by atoms with Gasteiger partial charge in [0.25, 0.3) is 11.7 Å². The van der Waals surface area contributed by atoms with Gasteiger partial charge in [-0.2, -0.15) is 10.1 Å². The van der Waals surface area contributed by atoms with Crippen molar-refractivity contribution >= 4 is 23.2 Å². The zero-order valence-corrected chi connectivity index (χ0v) is 15.3. The summed E-state index contributed by atoms with van der Waals surface area (Å²) in [6.45, 7) is 2.64. The molecule has 3 aromatic rings. The molecule has 1 amide bonds. The third-order valence-corrected chi connectivity index (χ3v) is 4.22. The minimum Gasteiger partial charge on any atom is -0.479 e. The number of carbonyl (C=O) groups excluding carboxylic acids is 2. The van der Waals surface area contributed by atoms with Crippen LogP contribution < -0.4 is 10.5 Å². The van der Waals surface area contributed by atoms with Gasteiger partial charge in [0, 0.05) is 6.42 Å². The molecule has 0 atom stereocenters. The van der Waals surface area contributed by atoms with Crippen LogP contribution in [0.1, 0.15) is 33.0 Å². The molecule has 0 spiro atoms. The van der Waals surface area contributed by atoms with Gasteiger partial charge in [0.05, 0.1) is 11.3 Å². The van der Waals surface area contributed by atoms with Crippen LogP contribution in [0.5, 0.6) is 5.88 Å². The summed E-state index contributed by atoms with van der Waals surface area (Å²) < 4.78 is 6.75. The molecule has 2 heterocycles. The number of ether oxygens (including phenoxy) is 1. The maximum atomic E-state index is 12.5. The smallest absolute Gasteiger partial charge is 0.341 e. The molecule has 0 saturated carbocycles. The molecule has 2 aromatic heterocycles. The van der Waals surface area contributed by atoms with Crippen LogP contribution in [0.4, 0.5) is 0 Å². The molecule has 144 valence electrons. The predicted molar refractivity (Wildman–Crippen MR) is 98.4 cm³/mol. The zero-order chi connectivity index (χ0) is 20.4. The molecular formula is C19H18N4O5. The van der Waals surface area contributed by atoms with E-state index in [1.54, 1.807) is 13.8 Å². The van der Waals surface area contributed by atoms with E-state index in [1.165, 1.54) is 4.52 Å². The molecule has 1 aromatic carbocycles. The summed E-state index contributed by atoms with van der Waals surface area (Å²) in [4.78, 5) is 39.1. The quantitative estimate of drug-likeness (QED) is 0.460. The number of benzene rings is 1. The monoisotopic (exact) mass is 382 g/mol. The molecule has 0 fully saturated rings. The molecule has 0 unspecified atom stereocenters. The van der Waals surface area contributed by atoms with E-state index >= 15 is 0 Å². The second kappa shape index (κ2) is 7.47. The van der Waals surface area contributed by atoms with E-state index in [-0.39, 0.29) is 17.0 Å². The molecular weight excluding hydrogens is 364 g/mol. The number of nitrogens with two attached hydrogens (primary N) is 1. The average Bonchev–Trinajstić information content (AvgIpc) is 2.91. The van der Waals surface area contributed by atoms with Crippen LogP contribution in [-0.4, -0.2) is 44.0 Å².